The molecule has 1 aliphatic rings. The lowest BCUT2D eigenvalue weighted by Gasteiger charge is -2.12. The lowest BCUT2D eigenvalue weighted by atomic mass is 10.1. The first-order valence-electron chi connectivity index (χ1n) is 9.82. The SMILES string of the molecule is Cc1ccc(Cc2nc3nc4c(c(Nc5ccc(C)cc5)n3n2)CCC4)cc1. The lowest BCUT2D eigenvalue weighted by molar-refractivity contribution is 0.884. The van der Waals surface area contributed by atoms with Crippen LogP contribution in [0.5, 0.6) is 0 Å². The maximum Gasteiger partial charge on any atom is 0.254 e. The van der Waals surface area contributed by atoms with Gasteiger partial charge in [-0.1, -0.05) is 47.5 Å². The minimum atomic E-state index is 0.678. The minimum Gasteiger partial charge on any atom is -0.340 e. The molecular weight excluding hydrogens is 346 g/mol. The van der Waals surface area contributed by atoms with Crippen molar-refractivity contribution < 1.29 is 0 Å². The fourth-order valence-electron chi connectivity index (χ4n) is 3.79. The average Bonchev–Trinajstić information content (AvgIpc) is 3.31. The predicted octanol–water partition coefficient (Wildman–Crippen LogP) is 4.56. The standard InChI is InChI=1S/C23H23N5/c1-15-6-10-17(11-7-15)14-21-26-23-25-20-5-3-4-19(20)22(28(23)27-21)24-18-12-8-16(2)9-13-18/h6-13,24H,3-5,14H2,1-2H3. The number of aryl methyl sites for hydroxylation is 3. The summed E-state index contributed by atoms with van der Waals surface area (Å²) >= 11 is 0. The van der Waals surface area contributed by atoms with E-state index in [0.29, 0.717) is 12.2 Å². The summed E-state index contributed by atoms with van der Waals surface area (Å²) in [5, 5.41) is 8.38. The van der Waals surface area contributed by atoms with Gasteiger partial charge in [0.25, 0.3) is 5.78 Å². The summed E-state index contributed by atoms with van der Waals surface area (Å²) in [4.78, 5) is 9.52. The summed E-state index contributed by atoms with van der Waals surface area (Å²) in [5.41, 5.74) is 7.19. The van der Waals surface area contributed by atoms with Crippen LogP contribution in [0.4, 0.5) is 11.5 Å². The molecule has 2 aromatic heterocycles. The molecule has 5 nitrogen and oxygen atoms in total. The zero-order valence-corrected chi connectivity index (χ0v) is 16.2. The van der Waals surface area contributed by atoms with Gasteiger partial charge in [-0.2, -0.15) is 9.50 Å². The Labute approximate surface area is 164 Å². The van der Waals surface area contributed by atoms with Crippen LogP contribution in [0.3, 0.4) is 0 Å². The Balaban J connectivity index is 1.56. The summed E-state index contributed by atoms with van der Waals surface area (Å²) in [5.74, 6) is 2.48. The van der Waals surface area contributed by atoms with Crippen molar-refractivity contribution in [1.82, 2.24) is 19.6 Å². The smallest absolute Gasteiger partial charge is 0.254 e. The van der Waals surface area contributed by atoms with E-state index in [1.807, 2.05) is 4.52 Å². The van der Waals surface area contributed by atoms with E-state index in [2.05, 4.69) is 67.7 Å². The van der Waals surface area contributed by atoms with E-state index in [4.69, 9.17) is 15.1 Å². The molecule has 0 saturated heterocycles. The van der Waals surface area contributed by atoms with E-state index in [0.717, 1.165) is 42.3 Å². The summed E-state index contributed by atoms with van der Waals surface area (Å²) in [6, 6.07) is 17.0. The quantitative estimate of drug-likeness (QED) is 0.573. The Hall–Kier alpha value is -3.21. The summed E-state index contributed by atoms with van der Waals surface area (Å²) in [7, 11) is 0. The van der Waals surface area contributed by atoms with Crippen LogP contribution in [0.2, 0.25) is 0 Å². The van der Waals surface area contributed by atoms with Crippen LogP contribution in [0, 0.1) is 13.8 Å². The highest BCUT2D eigenvalue weighted by Gasteiger charge is 2.22. The molecule has 0 bridgehead atoms. The number of aromatic nitrogens is 4. The fraction of sp³-hybridized carbons (Fsp3) is 0.261. The van der Waals surface area contributed by atoms with Gasteiger partial charge in [0.15, 0.2) is 5.82 Å². The summed E-state index contributed by atoms with van der Waals surface area (Å²) in [6.45, 7) is 4.20. The molecule has 1 N–H and O–H groups in total. The Morgan fingerprint density at radius 1 is 0.893 bits per heavy atom. The molecule has 0 aliphatic heterocycles. The molecule has 0 saturated carbocycles. The average molecular weight is 369 g/mol. The van der Waals surface area contributed by atoms with Crippen molar-refractivity contribution in [3.05, 3.63) is 82.3 Å². The highest BCUT2D eigenvalue weighted by Crippen LogP contribution is 2.30. The van der Waals surface area contributed by atoms with E-state index in [9.17, 15) is 0 Å². The van der Waals surface area contributed by atoms with E-state index >= 15 is 0 Å². The minimum absolute atomic E-state index is 0.678. The third-order valence-corrected chi connectivity index (χ3v) is 5.35. The first kappa shape index (κ1) is 16.9. The second kappa shape index (κ2) is 6.75. The molecule has 0 unspecified atom stereocenters. The normalized spacial score (nSPS) is 13.1. The predicted molar refractivity (Wildman–Crippen MR) is 111 cm³/mol. The van der Waals surface area contributed by atoms with Crippen LogP contribution in [-0.4, -0.2) is 19.6 Å². The van der Waals surface area contributed by atoms with Gasteiger partial charge in [-0.15, -0.1) is 5.10 Å². The van der Waals surface area contributed by atoms with Crippen molar-refractivity contribution in [2.24, 2.45) is 0 Å². The van der Waals surface area contributed by atoms with Gasteiger partial charge in [0.05, 0.1) is 5.69 Å². The molecule has 0 spiro atoms. The van der Waals surface area contributed by atoms with Crippen LogP contribution in [0.25, 0.3) is 5.78 Å². The number of nitrogens with zero attached hydrogens (tertiary/aromatic N) is 4. The number of rotatable bonds is 4. The van der Waals surface area contributed by atoms with Crippen molar-refractivity contribution in [3.8, 4) is 0 Å². The number of hydrogen-bond donors (Lipinski definition) is 1. The van der Waals surface area contributed by atoms with Gasteiger partial charge in [-0.25, -0.2) is 4.98 Å². The molecular formula is C23H23N5. The van der Waals surface area contributed by atoms with Gasteiger partial charge >= 0.3 is 0 Å². The van der Waals surface area contributed by atoms with Gasteiger partial charge in [0, 0.05) is 17.7 Å². The Bertz CT molecular complexity index is 1140. The van der Waals surface area contributed by atoms with Gasteiger partial charge in [-0.3, -0.25) is 0 Å². The zero-order chi connectivity index (χ0) is 19.1. The molecule has 0 radical (unpaired) electrons. The molecule has 0 fully saturated rings. The highest BCUT2D eigenvalue weighted by molar-refractivity contribution is 5.64. The summed E-state index contributed by atoms with van der Waals surface area (Å²) < 4.78 is 1.88. The number of nitrogens with one attached hydrogen (secondary N) is 1. The third-order valence-electron chi connectivity index (χ3n) is 5.35. The van der Waals surface area contributed by atoms with Gasteiger partial charge in [0.2, 0.25) is 0 Å². The third kappa shape index (κ3) is 3.13. The lowest BCUT2D eigenvalue weighted by Crippen LogP contribution is -2.07. The first-order chi connectivity index (χ1) is 13.7. The maximum absolute atomic E-state index is 4.80. The molecule has 5 heteroatoms. The van der Waals surface area contributed by atoms with E-state index in [-0.39, 0.29) is 0 Å². The van der Waals surface area contributed by atoms with Crippen LogP contribution < -0.4 is 5.32 Å². The van der Waals surface area contributed by atoms with Crippen molar-refractivity contribution in [1.29, 1.82) is 0 Å². The number of benzene rings is 2. The molecule has 28 heavy (non-hydrogen) atoms. The number of hydrogen-bond acceptors (Lipinski definition) is 4. The van der Waals surface area contributed by atoms with Crippen molar-refractivity contribution >= 4 is 17.3 Å². The largest absolute Gasteiger partial charge is 0.340 e. The molecule has 1 aliphatic carbocycles. The van der Waals surface area contributed by atoms with E-state index in [1.54, 1.807) is 0 Å². The molecule has 0 amide bonds. The summed E-state index contributed by atoms with van der Waals surface area (Å²) in [6.07, 6.45) is 3.88. The van der Waals surface area contributed by atoms with Crippen LogP contribution >= 0.6 is 0 Å². The van der Waals surface area contributed by atoms with Crippen molar-refractivity contribution in [2.75, 3.05) is 5.32 Å². The topological polar surface area (TPSA) is 55.1 Å². The van der Waals surface area contributed by atoms with E-state index in [1.165, 1.54) is 22.3 Å². The maximum atomic E-state index is 4.80. The van der Waals surface area contributed by atoms with E-state index < -0.39 is 0 Å². The second-order valence-electron chi connectivity index (χ2n) is 7.63. The van der Waals surface area contributed by atoms with Crippen molar-refractivity contribution in [3.63, 3.8) is 0 Å². The fourth-order valence-corrected chi connectivity index (χ4v) is 3.79. The zero-order valence-electron chi connectivity index (χ0n) is 16.2. The first-order valence-corrected chi connectivity index (χ1v) is 9.82. The van der Waals surface area contributed by atoms with Gasteiger partial charge in [0.1, 0.15) is 5.82 Å². The molecule has 0 atom stereocenters. The molecule has 2 heterocycles. The van der Waals surface area contributed by atoms with Gasteiger partial charge < -0.3 is 5.32 Å². The Morgan fingerprint density at radius 2 is 1.61 bits per heavy atom. The van der Waals surface area contributed by atoms with Gasteiger partial charge in [-0.05, 0) is 50.8 Å². The Kier molecular flexibility index (Phi) is 4.08. The highest BCUT2D eigenvalue weighted by atomic mass is 15.4. The molecule has 4 aromatic rings. The number of anilines is 2. The molecule has 2 aromatic carbocycles. The Morgan fingerprint density at radius 3 is 2.36 bits per heavy atom. The number of fused-ring (bicyclic) bond motifs is 2. The van der Waals surface area contributed by atoms with Crippen LogP contribution in [-0.2, 0) is 19.3 Å². The second-order valence-corrected chi connectivity index (χ2v) is 7.63. The monoisotopic (exact) mass is 369 g/mol. The van der Waals surface area contributed by atoms with Crippen LogP contribution in [0.15, 0.2) is 48.5 Å². The van der Waals surface area contributed by atoms with Crippen LogP contribution in [0.1, 0.15) is 40.2 Å². The molecule has 140 valence electrons. The molecule has 5 rings (SSSR count). The van der Waals surface area contributed by atoms with Crippen molar-refractivity contribution in [2.45, 2.75) is 39.5 Å².